The fraction of sp³-hybridized carbons (Fsp3) is 0.353. The number of nitrogen functional groups attached to an aromatic ring is 1. The van der Waals surface area contributed by atoms with Gasteiger partial charge in [0.05, 0.1) is 0 Å². The normalized spacial score (nSPS) is 17.2. The lowest BCUT2D eigenvalue weighted by molar-refractivity contribution is 0.263. The lowest BCUT2D eigenvalue weighted by Crippen LogP contribution is -2.23. The average molecular weight is 267 g/mol. The summed E-state index contributed by atoms with van der Waals surface area (Å²) < 4.78 is 0. The van der Waals surface area contributed by atoms with Gasteiger partial charge >= 0.3 is 0 Å². The largest absolute Gasteiger partial charge is 0.384 e. The highest BCUT2D eigenvalue weighted by molar-refractivity contribution is 5.65. The van der Waals surface area contributed by atoms with Crippen molar-refractivity contribution in [2.24, 2.45) is 0 Å². The molecule has 1 aliphatic rings. The molecule has 0 spiro atoms. The van der Waals surface area contributed by atoms with Crippen molar-refractivity contribution < 1.29 is 0 Å². The first-order chi connectivity index (χ1) is 9.74. The van der Waals surface area contributed by atoms with Crippen LogP contribution in [0.3, 0.4) is 0 Å². The molecular formula is C17H21N3. The predicted octanol–water partition coefficient (Wildman–Crippen LogP) is 3.49. The Morgan fingerprint density at radius 1 is 1.05 bits per heavy atom. The van der Waals surface area contributed by atoms with Crippen molar-refractivity contribution in [2.45, 2.75) is 25.8 Å². The molecule has 1 aliphatic heterocycles. The van der Waals surface area contributed by atoms with Crippen LogP contribution < -0.4 is 5.73 Å². The van der Waals surface area contributed by atoms with Crippen molar-refractivity contribution in [1.82, 2.24) is 9.88 Å². The third-order valence-corrected chi connectivity index (χ3v) is 4.20. The second-order valence-electron chi connectivity index (χ2n) is 5.51. The number of hydrogen-bond donors (Lipinski definition) is 1. The van der Waals surface area contributed by atoms with Crippen LogP contribution in [0.25, 0.3) is 11.1 Å². The number of nitrogens with zero attached hydrogens (tertiary/aromatic N) is 2. The van der Waals surface area contributed by atoms with Crippen LogP contribution in [0.15, 0.2) is 42.6 Å². The lowest BCUT2D eigenvalue weighted by Gasteiger charge is -2.24. The molecule has 1 atom stereocenters. The number of hydrogen-bond acceptors (Lipinski definition) is 3. The summed E-state index contributed by atoms with van der Waals surface area (Å²) in [5.41, 5.74) is 9.44. The minimum absolute atomic E-state index is 0.508. The standard InChI is InChI=1S/C17H21N3/c1-13(20-10-2-3-11-20)14-4-6-15(7-5-14)16-8-9-19-17(18)12-16/h4-9,12-13H,2-3,10-11H2,1H3,(H2,18,19). The highest BCUT2D eigenvalue weighted by Crippen LogP contribution is 2.27. The average Bonchev–Trinajstić information content (AvgIpc) is 3.01. The number of benzene rings is 1. The molecule has 1 aromatic heterocycles. The molecule has 20 heavy (non-hydrogen) atoms. The molecule has 0 radical (unpaired) electrons. The molecular weight excluding hydrogens is 246 g/mol. The second-order valence-corrected chi connectivity index (χ2v) is 5.51. The van der Waals surface area contributed by atoms with Gasteiger partial charge in [-0.05, 0) is 61.7 Å². The third-order valence-electron chi connectivity index (χ3n) is 4.20. The molecule has 0 bridgehead atoms. The van der Waals surface area contributed by atoms with Gasteiger partial charge in [-0.3, -0.25) is 4.90 Å². The summed E-state index contributed by atoms with van der Waals surface area (Å²) in [7, 11) is 0. The minimum Gasteiger partial charge on any atom is -0.384 e. The molecule has 3 nitrogen and oxygen atoms in total. The highest BCUT2D eigenvalue weighted by Gasteiger charge is 2.19. The summed E-state index contributed by atoms with van der Waals surface area (Å²) in [6, 6.07) is 13.2. The van der Waals surface area contributed by atoms with Gasteiger partial charge in [0.1, 0.15) is 5.82 Å². The minimum atomic E-state index is 0.508. The highest BCUT2D eigenvalue weighted by atomic mass is 15.2. The van der Waals surface area contributed by atoms with Gasteiger partial charge in [0.2, 0.25) is 0 Å². The van der Waals surface area contributed by atoms with Crippen LogP contribution in [0.2, 0.25) is 0 Å². The molecule has 1 fully saturated rings. The molecule has 0 saturated carbocycles. The Labute approximate surface area is 120 Å². The van der Waals surface area contributed by atoms with Crippen molar-refractivity contribution in [1.29, 1.82) is 0 Å². The summed E-state index contributed by atoms with van der Waals surface area (Å²) in [5, 5.41) is 0. The van der Waals surface area contributed by atoms with Crippen LogP contribution in [-0.2, 0) is 0 Å². The molecule has 3 rings (SSSR count). The molecule has 1 unspecified atom stereocenters. The number of anilines is 1. The molecule has 2 N–H and O–H groups in total. The van der Waals surface area contributed by atoms with E-state index in [1.807, 2.05) is 12.1 Å². The summed E-state index contributed by atoms with van der Waals surface area (Å²) in [4.78, 5) is 6.59. The molecule has 0 amide bonds. The maximum Gasteiger partial charge on any atom is 0.123 e. The third kappa shape index (κ3) is 2.68. The molecule has 2 heterocycles. The number of pyridine rings is 1. The zero-order valence-corrected chi connectivity index (χ0v) is 11.9. The second kappa shape index (κ2) is 5.63. The van der Waals surface area contributed by atoms with Crippen molar-refractivity contribution in [3.8, 4) is 11.1 Å². The van der Waals surface area contributed by atoms with Gasteiger partial charge in [-0.2, -0.15) is 0 Å². The van der Waals surface area contributed by atoms with E-state index in [9.17, 15) is 0 Å². The molecule has 104 valence electrons. The van der Waals surface area contributed by atoms with E-state index < -0.39 is 0 Å². The topological polar surface area (TPSA) is 42.1 Å². The van der Waals surface area contributed by atoms with E-state index in [1.54, 1.807) is 6.20 Å². The number of aromatic nitrogens is 1. The van der Waals surface area contributed by atoms with Gasteiger partial charge in [0, 0.05) is 12.2 Å². The van der Waals surface area contributed by atoms with E-state index in [2.05, 4.69) is 41.1 Å². The van der Waals surface area contributed by atoms with E-state index in [1.165, 1.54) is 37.1 Å². The van der Waals surface area contributed by atoms with Gasteiger partial charge in [0.15, 0.2) is 0 Å². The van der Waals surface area contributed by atoms with Crippen LogP contribution in [0.1, 0.15) is 31.4 Å². The fourth-order valence-electron chi connectivity index (χ4n) is 2.92. The smallest absolute Gasteiger partial charge is 0.123 e. The number of nitrogens with two attached hydrogens (primary N) is 1. The summed E-state index contributed by atoms with van der Waals surface area (Å²) in [5.74, 6) is 0.567. The van der Waals surface area contributed by atoms with Crippen molar-refractivity contribution >= 4 is 5.82 Å². The van der Waals surface area contributed by atoms with Gasteiger partial charge in [-0.1, -0.05) is 24.3 Å². The Hall–Kier alpha value is -1.87. The first-order valence-corrected chi connectivity index (χ1v) is 7.30. The summed E-state index contributed by atoms with van der Waals surface area (Å²) >= 11 is 0. The number of likely N-dealkylation sites (tertiary alicyclic amines) is 1. The SMILES string of the molecule is CC(c1ccc(-c2ccnc(N)c2)cc1)N1CCCC1. The zero-order chi connectivity index (χ0) is 13.9. The maximum absolute atomic E-state index is 5.74. The van der Waals surface area contributed by atoms with Gasteiger partial charge in [-0.15, -0.1) is 0 Å². The Kier molecular flexibility index (Phi) is 3.70. The van der Waals surface area contributed by atoms with Gasteiger partial charge in [-0.25, -0.2) is 4.98 Å². The lowest BCUT2D eigenvalue weighted by atomic mass is 10.0. The van der Waals surface area contributed by atoms with Crippen LogP contribution in [0.5, 0.6) is 0 Å². The molecule has 0 aliphatic carbocycles. The first-order valence-electron chi connectivity index (χ1n) is 7.30. The zero-order valence-electron chi connectivity index (χ0n) is 11.9. The number of rotatable bonds is 3. The van der Waals surface area contributed by atoms with Gasteiger partial charge < -0.3 is 5.73 Å². The van der Waals surface area contributed by atoms with Crippen LogP contribution in [0.4, 0.5) is 5.82 Å². The quantitative estimate of drug-likeness (QED) is 0.925. The molecule has 1 aromatic carbocycles. The summed E-state index contributed by atoms with van der Waals surface area (Å²) in [6.07, 6.45) is 4.42. The monoisotopic (exact) mass is 267 g/mol. The molecule has 3 heteroatoms. The fourth-order valence-corrected chi connectivity index (χ4v) is 2.92. The van der Waals surface area contributed by atoms with E-state index >= 15 is 0 Å². The van der Waals surface area contributed by atoms with Crippen LogP contribution in [-0.4, -0.2) is 23.0 Å². The van der Waals surface area contributed by atoms with E-state index in [0.29, 0.717) is 11.9 Å². The van der Waals surface area contributed by atoms with Crippen molar-refractivity contribution in [3.05, 3.63) is 48.2 Å². The van der Waals surface area contributed by atoms with Crippen LogP contribution in [0, 0.1) is 0 Å². The summed E-state index contributed by atoms with van der Waals surface area (Å²) in [6.45, 7) is 4.75. The van der Waals surface area contributed by atoms with E-state index in [-0.39, 0.29) is 0 Å². The molecule has 1 saturated heterocycles. The maximum atomic E-state index is 5.74. The van der Waals surface area contributed by atoms with E-state index in [4.69, 9.17) is 5.73 Å². The first kappa shape index (κ1) is 13.1. The Balaban J connectivity index is 1.80. The van der Waals surface area contributed by atoms with Gasteiger partial charge in [0.25, 0.3) is 0 Å². The Bertz CT molecular complexity index is 571. The Morgan fingerprint density at radius 2 is 1.75 bits per heavy atom. The Morgan fingerprint density at radius 3 is 2.40 bits per heavy atom. The van der Waals surface area contributed by atoms with Crippen molar-refractivity contribution in [2.75, 3.05) is 18.8 Å². The van der Waals surface area contributed by atoms with Crippen LogP contribution >= 0.6 is 0 Å². The molecule has 2 aromatic rings. The predicted molar refractivity (Wildman–Crippen MR) is 83.3 cm³/mol. The van der Waals surface area contributed by atoms with Crippen molar-refractivity contribution in [3.63, 3.8) is 0 Å². The van der Waals surface area contributed by atoms with E-state index in [0.717, 1.165) is 5.56 Å².